The lowest BCUT2D eigenvalue weighted by molar-refractivity contribution is 0.173. The molecule has 0 saturated heterocycles. The van der Waals surface area contributed by atoms with Gasteiger partial charge < -0.3 is 0 Å². The Morgan fingerprint density at radius 2 is 2.00 bits per heavy atom. The molecular formula is C10H16FN3. The number of hydrogen-bond acceptors (Lipinski definition) is 1. The molecule has 0 spiro atoms. The van der Waals surface area contributed by atoms with Crippen molar-refractivity contribution < 1.29 is 4.39 Å². The van der Waals surface area contributed by atoms with Crippen LogP contribution in [0.3, 0.4) is 0 Å². The van der Waals surface area contributed by atoms with E-state index in [9.17, 15) is 4.39 Å². The Balaban J connectivity index is 1.98. The molecule has 3 atom stereocenters. The Kier molecular flexibility index (Phi) is 2.92. The largest absolute Gasteiger partial charge is 0.247 e. The van der Waals surface area contributed by atoms with Crippen LogP contribution in [-0.4, -0.2) is 12.2 Å². The third kappa shape index (κ3) is 2.18. The van der Waals surface area contributed by atoms with Crippen LogP contribution in [0.15, 0.2) is 5.11 Å². The molecule has 78 valence electrons. The molecule has 3 unspecified atom stereocenters. The summed E-state index contributed by atoms with van der Waals surface area (Å²) in [5.41, 5.74) is 8.47. The topological polar surface area (TPSA) is 48.8 Å². The average Bonchev–Trinajstić information content (AvgIpc) is 2.97. The van der Waals surface area contributed by atoms with Crippen LogP contribution in [0.4, 0.5) is 4.39 Å². The summed E-state index contributed by atoms with van der Waals surface area (Å²) in [6.45, 7) is 0. The highest BCUT2D eigenvalue weighted by molar-refractivity contribution is 4.93. The minimum absolute atomic E-state index is 0.0820. The molecule has 2 aliphatic rings. The first-order chi connectivity index (χ1) is 6.81. The summed E-state index contributed by atoms with van der Waals surface area (Å²) < 4.78 is 13.2. The van der Waals surface area contributed by atoms with Gasteiger partial charge in [0.25, 0.3) is 0 Å². The molecule has 0 bridgehead atoms. The fraction of sp³-hybridized carbons (Fsp3) is 1.00. The lowest BCUT2D eigenvalue weighted by Crippen LogP contribution is -2.27. The highest BCUT2D eigenvalue weighted by atomic mass is 19.1. The Bertz CT molecular complexity index is 246. The van der Waals surface area contributed by atoms with Crippen molar-refractivity contribution in [2.45, 2.75) is 50.7 Å². The van der Waals surface area contributed by atoms with Crippen LogP contribution in [0.1, 0.15) is 38.5 Å². The van der Waals surface area contributed by atoms with Crippen LogP contribution in [0, 0.1) is 11.8 Å². The molecular weight excluding hydrogens is 181 g/mol. The van der Waals surface area contributed by atoms with Crippen molar-refractivity contribution >= 4 is 0 Å². The number of halogens is 1. The first kappa shape index (κ1) is 9.78. The van der Waals surface area contributed by atoms with Gasteiger partial charge in [0.1, 0.15) is 6.17 Å². The molecule has 0 amide bonds. The van der Waals surface area contributed by atoms with E-state index in [-0.39, 0.29) is 6.04 Å². The van der Waals surface area contributed by atoms with Gasteiger partial charge in [-0.1, -0.05) is 11.5 Å². The maximum absolute atomic E-state index is 13.2. The summed E-state index contributed by atoms with van der Waals surface area (Å²) in [6, 6.07) is 0.0820. The molecule has 0 aromatic heterocycles. The standard InChI is InChI=1S/C10H16FN3/c11-9-3-1-2-8(6-9)10(13-14-12)7-4-5-7/h7-10H,1-6H2. The molecule has 0 heterocycles. The molecule has 2 aliphatic carbocycles. The fourth-order valence-electron chi connectivity index (χ4n) is 2.55. The van der Waals surface area contributed by atoms with E-state index in [0.29, 0.717) is 24.7 Å². The molecule has 2 fully saturated rings. The number of alkyl halides is 1. The van der Waals surface area contributed by atoms with Gasteiger partial charge in [-0.25, -0.2) is 4.39 Å². The van der Waals surface area contributed by atoms with E-state index >= 15 is 0 Å². The number of rotatable bonds is 3. The average molecular weight is 197 g/mol. The van der Waals surface area contributed by atoms with E-state index in [2.05, 4.69) is 10.0 Å². The lowest BCUT2D eigenvalue weighted by Gasteiger charge is -2.29. The van der Waals surface area contributed by atoms with Gasteiger partial charge in [-0.2, -0.15) is 0 Å². The van der Waals surface area contributed by atoms with E-state index in [1.165, 1.54) is 0 Å². The summed E-state index contributed by atoms with van der Waals surface area (Å²) in [5, 5.41) is 3.86. The van der Waals surface area contributed by atoms with Gasteiger partial charge >= 0.3 is 0 Å². The zero-order chi connectivity index (χ0) is 9.97. The molecule has 2 rings (SSSR count). The molecule has 0 aromatic carbocycles. The zero-order valence-corrected chi connectivity index (χ0v) is 8.27. The quantitative estimate of drug-likeness (QED) is 0.377. The van der Waals surface area contributed by atoms with E-state index in [0.717, 1.165) is 25.7 Å². The maximum atomic E-state index is 13.2. The number of nitrogens with zero attached hydrogens (tertiary/aromatic N) is 3. The van der Waals surface area contributed by atoms with Crippen LogP contribution >= 0.6 is 0 Å². The van der Waals surface area contributed by atoms with E-state index in [4.69, 9.17) is 5.53 Å². The second kappa shape index (κ2) is 4.18. The van der Waals surface area contributed by atoms with Crippen molar-refractivity contribution in [1.29, 1.82) is 0 Å². The highest BCUT2D eigenvalue weighted by Gasteiger charge is 2.37. The second-order valence-electron chi connectivity index (χ2n) is 4.56. The van der Waals surface area contributed by atoms with Gasteiger partial charge in [-0.15, -0.1) is 0 Å². The van der Waals surface area contributed by atoms with Crippen molar-refractivity contribution in [3.8, 4) is 0 Å². The predicted molar refractivity (Wildman–Crippen MR) is 52.5 cm³/mol. The summed E-state index contributed by atoms with van der Waals surface area (Å²) in [7, 11) is 0. The summed E-state index contributed by atoms with van der Waals surface area (Å²) in [6.07, 6.45) is 4.97. The normalized spacial score (nSPS) is 34.6. The van der Waals surface area contributed by atoms with Gasteiger partial charge in [0.15, 0.2) is 0 Å². The van der Waals surface area contributed by atoms with Gasteiger partial charge in [-0.3, -0.25) is 0 Å². The second-order valence-corrected chi connectivity index (χ2v) is 4.56. The Labute approximate surface area is 83.3 Å². The van der Waals surface area contributed by atoms with E-state index in [1.54, 1.807) is 0 Å². The Hall–Kier alpha value is -0.760. The smallest absolute Gasteiger partial charge is 0.100 e. The molecule has 3 nitrogen and oxygen atoms in total. The third-order valence-corrected chi connectivity index (χ3v) is 3.42. The molecule has 2 saturated carbocycles. The number of hydrogen-bond donors (Lipinski definition) is 0. The van der Waals surface area contributed by atoms with E-state index in [1.807, 2.05) is 0 Å². The molecule has 14 heavy (non-hydrogen) atoms. The summed E-state index contributed by atoms with van der Waals surface area (Å²) >= 11 is 0. The van der Waals surface area contributed by atoms with Crippen molar-refractivity contribution in [2.75, 3.05) is 0 Å². The van der Waals surface area contributed by atoms with E-state index < -0.39 is 6.17 Å². The minimum atomic E-state index is -0.663. The van der Waals surface area contributed by atoms with Crippen molar-refractivity contribution in [1.82, 2.24) is 0 Å². The molecule has 0 N–H and O–H groups in total. The van der Waals surface area contributed by atoms with Crippen LogP contribution < -0.4 is 0 Å². The number of azide groups is 1. The van der Waals surface area contributed by atoms with Crippen molar-refractivity contribution in [2.24, 2.45) is 17.0 Å². The SMILES string of the molecule is [N-]=[N+]=NC(C1CC1)C1CCCC(F)C1. The Morgan fingerprint density at radius 1 is 1.21 bits per heavy atom. The maximum Gasteiger partial charge on any atom is 0.100 e. The highest BCUT2D eigenvalue weighted by Crippen LogP contribution is 2.42. The minimum Gasteiger partial charge on any atom is -0.247 e. The van der Waals surface area contributed by atoms with Crippen LogP contribution in [-0.2, 0) is 0 Å². The van der Waals surface area contributed by atoms with Crippen LogP contribution in [0.5, 0.6) is 0 Å². The first-order valence-corrected chi connectivity index (χ1v) is 5.49. The van der Waals surface area contributed by atoms with Crippen LogP contribution in [0.2, 0.25) is 0 Å². The Morgan fingerprint density at radius 3 is 2.57 bits per heavy atom. The van der Waals surface area contributed by atoms with Gasteiger partial charge in [0.2, 0.25) is 0 Å². The predicted octanol–water partition coefficient (Wildman–Crippen LogP) is 3.60. The first-order valence-electron chi connectivity index (χ1n) is 5.49. The van der Waals surface area contributed by atoms with Gasteiger partial charge in [0.05, 0.1) is 0 Å². The zero-order valence-electron chi connectivity index (χ0n) is 8.27. The van der Waals surface area contributed by atoms with Crippen LogP contribution in [0.25, 0.3) is 10.4 Å². The summed E-state index contributed by atoms with van der Waals surface area (Å²) in [4.78, 5) is 2.90. The van der Waals surface area contributed by atoms with Gasteiger partial charge in [-0.05, 0) is 49.5 Å². The molecule has 4 heteroatoms. The molecule has 0 aliphatic heterocycles. The fourth-order valence-corrected chi connectivity index (χ4v) is 2.55. The van der Waals surface area contributed by atoms with Crippen molar-refractivity contribution in [3.63, 3.8) is 0 Å². The molecule has 0 radical (unpaired) electrons. The summed E-state index contributed by atoms with van der Waals surface area (Å²) in [5.74, 6) is 0.864. The van der Waals surface area contributed by atoms with Gasteiger partial charge in [0, 0.05) is 11.0 Å². The lowest BCUT2D eigenvalue weighted by atomic mass is 9.81. The monoisotopic (exact) mass is 197 g/mol. The molecule has 0 aromatic rings. The van der Waals surface area contributed by atoms with Crippen molar-refractivity contribution in [3.05, 3.63) is 10.4 Å². The third-order valence-electron chi connectivity index (χ3n) is 3.42.